The average Bonchev–Trinajstić information content (AvgIpc) is 2.41. The van der Waals surface area contributed by atoms with E-state index in [4.69, 9.17) is 4.74 Å². The van der Waals surface area contributed by atoms with Gasteiger partial charge in [0, 0.05) is 15.6 Å². The van der Waals surface area contributed by atoms with Gasteiger partial charge in [0.05, 0.1) is 7.11 Å². The molecule has 0 aliphatic heterocycles. The van der Waals surface area contributed by atoms with Gasteiger partial charge in [0.2, 0.25) is 0 Å². The molecule has 2 aromatic rings. The van der Waals surface area contributed by atoms with Gasteiger partial charge in [0.25, 0.3) is 0 Å². The quantitative estimate of drug-likeness (QED) is 0.801. The number of methoxy groups -OCH3 is 1. The lowest BCUT2D eigenvalue weighted by Crippen LogP contribution is -2.01. The molecule has 0 amide bonds. The van der Waals surface area contributed by atoms with E-state index in [-0.39, 0.29) is 5.78 Å². The molecular weight excluding hydrogens is 292 g/mol. The van der Waals surface area contributed by atoms with Crippen molar-refractivity contribution < 1.29 is 9.53 Å². The first-order valence-electron chi connectivity index (χ1n) is 5.56. The normalized spacial score (nSPS) is 10.2. The van der Waals surface area contributed by atoms with Crippen LogP contribution in [0.2, 0.25) is 0 Å². The fraction of sp³-hybridized carbons (Fsp3) is 0.133. The van der Waals surface area contributed by atoms with Gasteiger partial charge in [0.15, 0.2) is 5.78 Å². The second kappa shape index (κ2) is 5.36. The van der Waals surface area contributed by atoms with Gasteiger partial charge in [-0.2, -0.15) is 0 Å². The Labute approximate surface area is 115 Å². The van der Waals surface area contributed by atoms with Crippen molar-refractivity contribution >= 4 is 21.7 Å². The third kappa shape index (κ3) is 2.62. The summed E-state index contributed by atoms with van der Waals surface area (Å²) >= 11 is 3.44. The Balaban J connectivity index is 2.32. The molecule has 92 valence electrons. The monoisotopic (exact) mass is 304 g/mol. The van der Waals surface area contributed by atoms with Crippen LogP contribution in [0.1, 0.15) is 21.5 Å². The number of halogens is 1. The first-order chi connectivity index (χ1) is 8.61. The predicted molar refractivity (Wildman–Crippen MR) is 75.3 cm³/mol. The molecule has 0 unspecified atom stereocenters. The number of ketones is 1. The van der Waals surface area contributed by atoms with Crippen LogP contribution in [0.25, 0.3) is 0 Å². The molecule has 0 aromatic heterocycles. The zero-order valence-corrected chi connectivity index (χ0v) is 11.8. The molecule has 0 saturated heterocycles. The van der Waals surface area contributed by atoms with Gasteiger partial charge in [-0.1, -0.05) is 28.1 Å². The van der Waals surface area contributed by atoms with Gasteiger partial charge in [-0.3, -0.25) is 4.79 Å². The first-order valence-corrected chi connectivity index (χ1v) is 6.36. The molecular formula is C15H13BrO2. The number of hydrogen-bond acceptors (Lipinski definition) is 2. The minimum Gasteiger partial charge on any atom is -0.497 e. The van der Waals surface area contributed by atoms with Crippen LogP contribution < -0.4 is 4.74 Å². The lowest BCUT2D eigenvalue weighted by molar-refractivity contribution is 0.103. The second-order valence-corrected chi connectivity index (χ2v) is 4.88. The van der Waals surface area contributed by atoms with Gasteiger partial charge in [0.1, 0.15) is 5.75 Å². The van der Waals surface area contributed by atoms with E-state index in [2.05, 4.69) is 15.9 Å². The van der Waals surface area contributed by atoms with Crippen molar-refractivity contribution in [1.82, 2.24) is 0 Å². The first kappa shape index (κ1) is 12.8. The van der Waals surface area contributed by atoms with Crippen LogP contribution in [-0.4, -0.2) is 12.9 Å². The van der Waals surface area contributed by atoms with Gasteiger partial charge >= 0.3 is 0 Å². The topological polar surface area (TPSA) is 26.3 Å². The SMILES string of the molecule is COc1ccc(C(=O)c2ccc(C)c(Br)c2)cc1. The number of carbonyl (C=O) groups is 1. The van der Waals surface area contributed by atoms with Gasteiger partial charge in [-0.15, -0.1) is 0 Å². The zero-order valence-electron chi connectivity index (χ0n) is 10.2. The highest BCUT2D eigenvalue weighted by molar-refractivity contribution is 9.10. The molecule has 0 bridgehead atoms. The van der Waals surface area contributed by atoms with Crippen molar-refractivity contribution in [1.29, 1.82) is 0 Å². The summed E-state index contributed by atoms with van der Waals surface area (Å²) in [5, 5.41) is 0. The molecule has 0 heterocycles. The summed E-state index contributed by atoms with van der Waals surface area (Å²) in [6.45, 7) is 1.99. The van der Waals surface area contributed by atoms with E-state index in [1.165, 1.54) is 0 Å². The van der Waals surface area contributed by atoms with Crippen LogP contribution in [0.15, 0.2) is 46.9 Å². The van der Waals surface area contributed by atoms with Gasteiger partial charge < -0.3 is 4.74 Å². The van der Waals surface area contributed by atoms with Crippen LogP contribution in [0.4, 0.5) is 0 Å². The molecule has 2 nitrogen and oxygen atoms in total. The van der Waals surface area contributed by atoms with E-state index < -0.39 is 0 Å². The smallest absolute Gasteiger partial charge is 0.193 e. The molecule has 3 heteroatoms. The summed E-state index contributed by atoms with van der Waals surface area (Å²) in [6, 6.07) is 12.7. The number of aryl methyl sites for hydroxylation is 1. The molecule has 0 fully saturated rings. The van der Waals surface area contributed by atoms with Crippen molar-refractivity contribution in [3.8, 4) is 5.75 Å². The lowest BCUT2D eigenvalue weighted by atomic mass is 10.0. The standard InChI is InChI=1S/C15H13BrO2/c1-10-3-4-12(9-14(10)16)15(17)11-5-7-13(18-2)8-6-11/h3-9H,1-2H3. The number of benzene rings is 2. The highest BCUT2D eigenvalue weighted by Crippen LogP contribution is 2.20. The lowest BCUT2D eigenvalue weighted by Gasteiger charge is -2.05. The Kier molecular flexibility index (Phi) is 3.82. The molecule has 0 spiro atoms. The van der Waals surface area contributed by atoms with E-state index in [0.29, 0.717) is 11.1 Å². The Morgan fingerprint density at radius 3 is 2.22 bits per heavy atom. The molecule has 0 atom stereocenters. The Morgan fingerprint density at radius 1 is 1.06 bits per heavy atom. The maximum absolute atomic E-state index is 12.2. The van der Waals surface area contributed by atoms with Crippen molar-refractivity contribution in [2.24, 2.45) is 0 Å². The van der Waals surface area contributed by atoms with Crippen molar-refractivity contribution in [2.45, 2.75) is 6.92 Å². The van der Waals surface area contributed by atoms with Crippen LogP contribution in [0.5, 0.6) is 5.75 Å². The molecule has 0 saturated carbocycles. The fourth-order valence-corrected chi connectivity index (χ4v) is 2.02. The molecule has 0 N–H and O–H groups in total. The van der Waals surface area contributed by atoms with E-state index in [0.717, 1.165) is 15.8 Å². The Hall–Kier alpha value is -1.61. The second-order valence-electron chi connectivity index (χ2n) is 4.02. The largest absolute Gasteiger partial charge is 0.497 e. The van der Waals surface area contributed by atoms with Gasteiger partial charge in [-0.25, -0.2) is 0 Å². The van der Waals surface area contributed by atoms with Crippen LogP contribution in [0, 0.1) is 6.92 Å². The van der Waals surface area contributed by atoms with Crippen molar-refractivity contribution in [2.75, 3.05) is 7.11 Å². The van der Waals surface area contributed by atoms with E-state index >= 15 is 0 Å². The maximum Gasteiger partial charge on any atom is 0.193 e. The van der Waals surface area contributed by atoms with E-state index in [1.54, 1.807) is 31.4 Å². The fourth-order valence-electron chi connectivity index (χ4n) is 1.64. The van der Waals surface area contributed by atoms with Crippen molar-refractivity contribution in [3.05, 3.63) is 63.6 Å². The molecule has 0 aliphatic carbocycles. The molecule has 0 aliphatic rings. The highest BCUT2D eigenvalue weighted by atomic mass is 79.9. The van der Waals surface area contributed by atoms with Gasteiger partial charge in [-0.05, 0) is 42.8 Å². The number of ether oxygens (including phenoxy) is 1. The molecule has 2 rings (SSSR count). The third-order valence-corrected chi connectivity index (χ3v) is 3.64. The average molecular weight is 305 g/mol. The highest BCUT2D eigenvalue weighted by Gasteiger charge is 2.10. The summed E-state index contributed by atoms with van der Waals surface area (Å²) in [7, 11) is 1.61. The molecule has 2 aromatic carbocycles. The summed E-state index contributed by atoms with van der Waals surface area (Å²) < 4.78 is 6.02. The molecule has 0 radical (unpaired) electrons. The molecule has 18 heavy (non-hydrogen) atoms. The Bertz CT molecular complexity index is 574. The Morgan fingerprint density at radius 2 is 1.67 bits per heavy atom. The van der Waals surface area contributed by atoms with Crippen LogP contribution in [-0.2, 0) is 0 Å². The summed E-state index contributed by atoms with van der Waals surface area (Å²) in [4.78, 5) is 12.2. The maximum atomic E-state index is 12.2. The van der Waals surface area contributed by atoms with Crippen LogP contribution in [0.3, 0.4) is 0 Å². The third-order valence-electron chi connectivity index (χ3n) is 2.79. The number of rotatable bonds is 3. The van der Waals surface area contributed by atoms with Crippen molar-refractivity contribution in [3.63, 3.8) is 0 Å². The van der Waals surface area contributed by atoms with Crippen LogP contribution >= 0.6 is 15.9 Å². The van der Waals surface area contributed by atoms with E-state index in [9.17, 15) is 4.79 Å². The summed E-state index contributed by atoms with van der Waals surface area (Å²) in [5.74, 6) is 0.759. The predicted octanol–water partition coefficient (Wildman–Crippen LogP) is 4.00. The zero-order chi connectivity index (χ0) is 13.1. The summed E-state index contributed by atoms with van der Waals surface area (Å²) in [6.07, 6.45) is 0. The minimum absolute atomic E-state index is 0.0124. The number of carbonyl (C=O) groups excluding carboxylic acids is 1. The minimum atomic E-state index is 0.0124. The summed E-state index contributed by atoms with van der Waals surface area (Å²) in [5.41, 5.74) is 2.45. The van der Waals surface area contributed by atoms with E-state index in [1.807, 2.05) is 25.1 Å². The number of hydrogen-bond donors (Lipinski definition) is 0.